The molecule has 1 aromatic heterocycles. The van der Waals surface area contributed by atoms with E-state index in [1.807, 2.05) is 24.3 Å². The van der Waals surface area contributed by atoms with Crippen LogP contribution in [-0.2, 0) is 24.4 Å². The Bertz CT molecular complexity index is 813. The monoisotopic (exact) mass is 352 g/mol. The van der Waals surface area contributed by atoms with E-state index in [0.717, 1.165) is 69.2 Å². The molecule has 0 radical (unpaired) electrons. The van der Waals surface area contributed by atoms with Gasteiger partial charge >= 0.3 is 0 Å². The average molecular weight is 352 g/mol. The third-order valence-corrected chi connectivity index (χ3v) is 5.80. The number of nitrogens with one attached hydrogen (secondary N) is 3. The fourth-order valence-corrected chi connectivity index (χ4v) is 4.26. The van der Waals surface area contributed by atoms with Gasteiger partial charge in [-0.3, -0.25) is 14.4 Å². The molecule has 0 unspecified atom stereocenters. The van der Waals surface area contributed by atoms with E-state index in [4.69, 9.17) is 5.10 Å². The van der Waals surface area contributed by atoms with Gasteiger partial charge in [0.25, 0.3) is 0 Å². The second kappa shape index (κ2) is 6.10. The Balaban J connectivity index is 1.26. The Hall–Kier alpha value is -2.38. The van der Waals surface area contributed by atoms with Crippen molar-refractivity contribution < 1.29 is 4.79 Å². The summed E-state index contributed by atoms with van der Waals surface area (Å²) in [6, 6.07) is 10.1. The summed E-state index contributed by atoms with van der Waals surface area (Å²) in [5.74, 6) is 0.0966. The average Bonchev–Trinajstić information content (AvgIpc) is 3.07. The normalized spacial score (nSPS) is 21.6. The number of carbonyl (C=O) groups is 1. The fourth-order valence-electron chi connectivity index (χ4n) is 4.26. The van der Waals surface area contributed by atoms with E-state index in [2.05, 4.69) is 31.6 Å². The molecule has 26 heavy (non-hydrogen) atoms. The number of hydrogen-bond donors (Lipinski definition) is 3. The maximum Gasteiger partial charge on any atom is 0.250 e. The molecular formula is C19H24N6O. The van der Waals surface area contributed by atoms with E-state index in [9.17, 15) is 4.79 Å². The highest BCUT2D eigenvalue weighted by atomic mass is 16.2. The zero-order chi connectivity index (χ0) is 17.6. The van der Waals surface area contributed by atoms with Crippen LogP contribution in [0.3, 0.4) is 0 Å². The summed E-state index contributed by atoms with van der Waals surface area (Å²) in [4.78, 5) is 15.1. The van der Waals surface area contributed by atoms with Gasteiger partial charge in [0.05, 0.1) is 29.3 Å². The molecule has 3 N–H and O–H groups in total. The number of rotatable bonds is 2. The first kappa shape index (κ1) is 15.8. The van der Waals surface area contributed by atoms with Crippen LogP contribution in [0.4, 0.5) is 11.4 Å². The number of fused-ring (bicyclic) bond motifs is 2. The molecule has 136 valence electrons. The van der Waals surface area contributed by atoms with Crippen LogP contribution in [0.1, 0.15) is 24.2 Å². The number of amides is 1. The van der Waals surface area contributed by atoms with Gasteiger partial charge in [-0.05, 0) is 31.0 Å². The molecule has 2 aromatic rings. The number of likely N-dealkylation sites (tertiary alicyclic amines) is 1. The first-order valence-corrected chi connectivity index (χ1v) is 9.39. The van der Waals surface area contributed by atoms with E-state index in [1.54, 1.807) is 0 Å². The Morgan fingerprint density at radius 2 is 1.92 bits per heavy atom. The van der Waals surface area contributed by atoms with E-state index in [0.29, 0.717) is 0 Å². The number of carbonyl (C=O) groups excluding carboxylic acids is 1. The number of benzene rings is 1. The highest BCUT2D eigenvalue weighted by molar-refractivity contribution is 6.06. The van der Waals surface area contributed by atoms with Crippen molar-refractivity contribution in [2.24, 2.45) is 0 Å². The van der Waals surface area contributed by atoms with Crippen molar-refractivity contribution in [1.82, 2.24) is 20.0 Å². The molecule has 3 aliphatic heterocycles. The minimum absolute atomic E-state index is 0.0966. The lowest BCUT2D eigenvalue weighted by molar-refractivity contribution is -0.122. The number of hydrogen-bond acceptors (Lipinski definition) is 5. The van der Waals surface area contributed by atoms with Gasteiger partial charge in [0.1, 0.15) is 5.54 Å². The molecular weight excluding hydrogens is 328 g/mol. The molecule has 5 rings (SSSR count). The number of nitrogens with zero attached hydrogens (tertiary/aromatic N) is 3. The Morgan fingerprint density at radius 1 is 1.12 bits per heavy atom. The van der Waals surface area contributed by atoms with Gasteiger partial charge in [0, 0.05) is 32.7 Å². The van der Waals surface area contributed by atoms with Crippen molar-refractivity contribution in [2.75, 3.05) is 30.3 Å². The minimum Gasteiger partial charge on any atom is -0.369 e. The first-order valence-electron chi connectivity index (χ1n) is 9.39. The summed E-state index contributed by atoms with van der Waals surface area (Å²) in [5, 5.41) is 14.7. The van der Waals surface area contributed by atoms with Gasteiger partial charge < -0.3 is 16.0 Å². The lowest BCUT2D eigenvalue weighted by Gasteiger charge is -2.44. The van der Waals surface area contributed by atoms with Crippen LogP contribution in [-0.4, -0.2) is 45.8 Å². The van der Waals surface area contributed by atoms with Gasteiger partial charge in [0.2, 0.25) is 5.91 Å². The van der Waals surface area contributed by atoms with Gasteiger partial charge in [-0.25, -0.2) is 0 Å². The van der Waals surface area contributed by atoms with Gasteiger partial charge in [0.15, 0.2) is 0 Å². The first-order chi connectivity index (χ1) is 12.7. The Labute approximate surface area is 152 Å². The van der Waals surface area contributed by atoms with E-state index >= 15 is 0 Å². The molecule has 1 amide bonds. The largest absolute Gasteiger partial charge is 0.369 e. The highest BCUT2D eigenvalue weighted by Crippen LogP contribution is 2.36. The third-order valence-electron chi connectivity index (χ3n) is 5.80. The Morgan fingerprint density at radius 3 is 2.73 bits per heavy atom. The van der Waals surface area contributed by atoms with Crippen LogP contribution in [0.2, 0.25) is 0 Å². The van der Waals surface area contributed by atoms with Crippen LogP contribution in [0.25, 0.3) is 0 Å². The summed E-state index contributed by atoms with van der Waals surface area (Å²) in [6.45, 7) is 5.48. The van der Waals surface area contributed by atoms with Crippen molar-refractivity contribution in [2.45, 2.75) is 38.0 Å². The molecule has 7 heteroatoms. The third kappa shape index (κ3) is 2.68. The van der Waals surface area contributed by atoms with Crippen LogP contribution < -0.4 is 16.0 Å². The predicted octanol–water partition coefficient (Wildman–Crippen LogP) is 1.39. The molecule has 0 aliphatic carbocycles. The quantitative estimate of drug-likeness (QED) is 0.762. The Kier molecular flexibility index (Phi) is 3.72. The number of para-hydroxylation sites is 2. The molecule has 0 atom stereocenters. The fraction of sp³-hybridized carbons (Fsp3) is 0.474. The van der Waals surface area contributed by atoms with E-state index in [-0.39, 0.29) is 5.91 Å². The van der Waals surface area contributed by atoms with Gasteiger partial charge in [-0.2, -0.15) is 5.10 Å². The van der Waals surface area contributed by atoms with Gasteiger partial charge in [-0.1, -0.05) is 12.1 Å². The summed E-state index contributed by atoms with van der Waals surface area (Å²) < 4.78 is 2.12. The van der Waals surface area contributed by atoms with E-state index in [1.165, 1.54) is 5.69 Å². The molecule has 0 saturated carbocycles. The SMILES string of the molecule is O=C1Nc2ccccc2NC12CCN(Cc1cc3n(n1)CCNC3)CC2. The lowest BCUT2D eigenvalue weighted by Crippen LogP contribution is -2.58. The van der Waals surface area contributed by atoms with Crippen molar-refractivity contribution in [3.63, 3.8) is 0 Å². The second-order valence-corrected chi connectivity index (χ2v) is 7.51. The number of aromatic nitrogens is 2. The highest BCUT2D eigenvalue weighted by Gasteiger charge is 2.44. The molecule has 1 spiro atoms. The molecule has 7 nitrogen and oxygen atoms in total. The summed E-state index contributed by atoms with van der Waals surface area (Å²) in [6.07, 6.45) is 1.62. The lowest BCUT2D eigenvalue weighted by atomic mass is 9.84. The van der Waals surface area contributed by atoms with Crippen LogP contribution in [0.15, 0.2) is 30.3 Å². The maximum atomic E-state index is 12.7. The molecule has 1 aromatic carbocycles. The molecule has 1 fully saturated rings. The summed E-state index contributed by atoms with van der Waals surface area (Å²) >= 11 is 0. The number of anilines is 2. The standard InChI is InChI=1S/C19H24N6O/c26-18-19(22-17-4-2-1-3-16(17)21-18)5-8-24(9-6-19)13-14-11-15-12-20-7-10-25(15)23-14/h1-4,11,20,22H,5-10,12-13H2,(H,21,26). The molecule has 3 aliphatic rings. The molecule has 0 bridgehead atoms. The van der Waals surface area contributed by atoms with E-state index < -0.39 is 5.54 Å². The maximum absolute atomic E-state index is 12.7. The smallest absolute Gasteiger partial charge is 0.250 e. The minimum atomic E-state index is -0.484. The van der Waals surface area contributed by atoms with Crippen LogP contribution >= 0.6 is 0 Å². The topological polar surface area (TPSA) is 74.2 Å². The second-order valence-electron chi connectivity index (χ2n) is 7.51. The van der Waals surface area contributed by atoms with Crippen molar-refractivity contribution in [3.8, 4) is 0 Å². The zero-order valence-corrected chi connectivity index (χ0v) is 14.8. The van der Waals surface area contributed by atoms with Crippen LogP contribution in [0, 0.1) is 0 Å². The van der Waals surface area contributed by atoms with Crippen LogP contribution in [0.5, 0.6) is 0 Å². The van der Waals surface area contributed by atoms with Crippen molar-refractivity contribution >= 4 is 17.3 Å². The predicted molar refractivity (Wildman–Crippen MR) is 99.9 cm³/mol. The summed E-state index contributed by atoms with van der Waals surface area (Å²) in [7, 11) is 0. The van der Waals surface area contributed by atoms with Crippen molar-refractivity contribution in [3.05, 3.63) is 41.7 Å². The number of piperidine rings is 1. The van der Waals surface area contributed by atoms with Crippen molar-refractivity contribution in [1.29, 1.82) is 0 Å². The zero-order valence-electron chi connectivity index (χ0n) is 14.8. The summed E-state index contributed by atoms with van der Waals surface area (Å²) in [5.41, 5.74) is 3.82. The van der Waals surface area contributed by atoms with Gasteiger partial charge in [-0.15, -0.1) is 0 Å². The molecule has 1 saturated heterocycles. The molecule has 4 heterocycles.